The van der Waals surface area contributed by atoms with Crippen molar-refractivity contribution in [3.63, 3.8) is 0 Å². The van der Waals surface area contributed by atoms with Gasteiger partial charge in [0.05, 0.1) is 4.90 Å². The molecular weight excluding hydrogens is 348 g/mol. The van der Waals surface area contributed by atoms with Gasteiger partial charge in [-0.3, -0.25) is 4.79 Å². The standard InChI is InChI=1S/C20H22N2O3S/c1-15(23)21-10-8-17-6-7-20(12-19(17)13-21)26(24,25)22-11-9-16-4-2-3-5-18(16)14-22/h2-7,12H,8-11,13-14H2,1H3. The van der Waals surface area contributed by atoms with Crippen molar-refractivity contribution in [3.8, 4) is 0 Å². The second-order valence-corrected chi connectivity index (χ2v) is 8.92. The largest absolute Gasteiger partial charge is 0.338 e. The fraction of sp³-hybridized carbons (Fsp3) is 0.350. The Labute approximate surface area is 154 Å². The van der Waals surface area contributed by atoms with Crippen LogP contribution in [0.3, 0.4) is 0 Å². The van der Waals surface area contributed by atoms with E-state index in [9.17, 15) is 13.2 Å². The lowest BCUT2D eigenvalue weighted by molar-refractivity contribution is -0.129. The summed E-state index contributed by atoms with van der Waals surface area (Å²) in [6.45, 7) is 3.64. The molecule has 2 aromatic carbocycles. The highest BCUT2D eigenvalue weighted by Gasteiger charge is 2.29. The number of carbonyl (C=O) groups excluding carboxylic acids is 1. The van der Waals surface area contributed by atoms with Crippen LogP contribution in [0.15, 0.2) is 47.4 Å². The third-order valence-electron chi connectivity index (χ3n) is 5.37. The van der Waals surface area contributed by atoms with E-state index in [4.69, 9.17) is 0 Å². The van der Waals surface area contributed by atoms with Crippen LogP contribution in [-0.2, 0) is 40.7 Å². The predicted molar refractivity (Wildman–Crippen MR) is 99.0 cm³/mol. The molecule has 6 heteroatoms. The molecule has 2 aromatic rings. The van der Waals surface area contributed by atoms with Crippen LogP contribution in [0.5, 0.6) is 0 Å². The van der Waals surface area contributed by atoms with Gasteiger partial charge in [0, 0.05) is 33.1 Å². The first-order chi connectivity index (χ1) is 12.4. The minimum absolute atomic E-state index is 0.0246. The molecule has 2 aliphatic heterocycles. The van der Waals surface area contributed by atoms with Gasteiger partial charge in [0.2, 0.25) is 15.9 Å². The lowest BCUT2D eigenvalue weighted by Crippen LogP contribution is -2.36. The van der Waals surface area contributed by atoms with Crippen molar-refractivity contribution < 1.29 is 13.2 Å². The Hall–Kier alpha value is -2.18. The van der Waals surface area contributed by atoms with Gasteiger partial charge in [0.25, 0.3) is 0 Å². The summed E-state index contributed by atoms with van der Waals surface area (Å²) in [5.41, 5.74) is 4.36. The van der Waals surface area contributed by atoms with Crippen molar-refractivity contribution in [1.82, 2.24) is 9.21 Å². The molecule has 0 saturated carbocycles. The zero-order valence-corrected chi connectivity index (χ0v) is 15.6. The van der Waals surface area contributed by atoms with E-state index in [-0.39, 0.29) is 5.91 Å². The molecule has 0 fully saturated rings. The highest BCUT2D eigenvalue weighted by molar-refractivity contribution is 7.89. The number of benzene rings is 2. The average Bonchev–Trinajstić information content (AvgIpc) is 2.66. The molecule has 2 heterocycles. The Morgan fingerprint density at radius 3 is 2.35 bits per heavy atom. The van der Waals surface area contributed by atoms with Gasteiger partial charge in [-0.1, -0.05) is 30.3 Å². The zero-order valence-electron chi connectivity index (χ0n) is 14.8. The van der Waals surface area contributed by atoms with E-state index in [1.165, 1.54) is 5.56 Å². The summed E-state index contributed by atoms with van der Waals surface area (Å²) >= 11 is 0. The third-order valence-corrected chi connectivity index (χ3v) is 7.21. The molecule has 0 atom stereocenters. The molecule has 1 amide bonds. The molecule has 0 aliphatic carbocycles. The molecule has 0 saturated heterocycles. The van der Waals surface area contributed by atoms with E-state index in [0.717, 1.165) is 29.5 Å². The van der Waals surface area contributed by atoms with Crippen LogP contribution < -0.4 is 0 Å². The van der Waals surface area contributed by atoms with E-state index in [1.54, 1.807) is 28.3 Å². The molecule has 0 radical (unpaired) electrons. The van der Waals surface area contributed by atoms with Gasteiger partial charge in [0.15, 0.2) is 0 Å². The molecule has 4 rings (SSSR count). The van der Waals surface area contributed by atoms with Crippen molar-refractivity contribution in [2.75, 3.05) is 13.1 Å². The van der Waals surface area contributed by atoms with Gasteiger partial charge in [0.1, 0.15) is 0 Å². The minimum atomic E-state index is -3.55. The van der Waals surface area contributed by atoms with Gasteiger partial charge in [-0.15, -0.1) is 0 Å². The molecule has 0 spiro atoms. The summed E-state index contributed by atoms with van der Waals surface area (Å²) < 4.78 is 27.8. The predicted octanol–water partition coefficient (Wildman–Crippen LogP) is 2.34. The van der Waals surface area contributed by atoms with E-state index in [2.05, 4.69) is 6.07 Å². The Balaban J connectivity index is 1.63. The topological polar surface area (TPSA) is 57.7 Å². The van der Waals surface area contributed by atoms with Gasteiger partial charge in [-0.25, -0.2) is 8.42 Å². The van der Waals surface area contributed by atoms with Gasteiger partial charge >= 0.3 is 0 Å². The van der Waals surface area contributed by atoms with E-state index in [1.807, 2.05) is 24.3 Å². The Morgan fingerprint density at radius 2 is 1.58 bits per heavy atom. The first kappa shape index (κ1) is 17.2. The molecule has 5 nitrogen and oxygen atoms in total. The maximum atomic E-state index is 13.1. The average molecular weight is 370 g/mol. The fourth-order valence-electron chi connectivity index (χ4n) is 3.79. The zero-order chi connectivity index (χ0) is 18.3. The van der Waals surface area contributed by atoms with Crippen molar-refractivity contribution in [3.05, 3.63) is 64.7 Å². The van der Waals surface area contributed by atoms with Crippen LogP contribution in [0, 0.1) is 0 Å². The molecule has 0 bridgehead atoms. The summed E-state index contributed by atoms with van der Waals surface area (Å²) in [4.78, 5) is 13.7. The molecule has 0 N–H and O–H groups in total. The quantitative estimate of drug-likeness (QED) is 0.815. The van der Waals surface area contributed by atoms with Gasteiger partial charge in [-0.2, -0.15) is 4.31 Å². The van der Waals surface area contributed by atoms with Crippen LogP contribution in [0.2, 0.25) is 0 Å². The summed E-state index contributed by atoms with van der Waals surface area (Å²) in [6, 6.07) is 13.4. The first-order valence-corrected chi connectivity index (χ1v) is 10.3. The van der Waals surface area contributed by atoms with Crippen LogP contribution in [0.25, 0.3) is 0 Å². The maximum absolute atomic E-state index is 13.1. The van der Waals surface area contributed by atoms with Crippen LogP contribution in [-0.4, -0.2) is 36.6 Å². The molecule has 26 heavy (non-hydrogen) atoms. The number of amides is 1. The molecule has 136 valence electrons. The van der Waals surface area contributed by atoms with Crippen LogP contribution in [0.4, 0.5) is 0 Å². The van der Waals surface area contributed by atoms with Crippen molar-refractivity contribution in [2.24, 2.45) is 0 Å². The highest BCUT2D eigenvalue weighted by atomic mass is 32.2. The number of sulfonamides is 1. The third kappa shape index (κ3) is 3.04. The van der Waals surface area contributed by atoms with E-state index in [0.29, 0.717) is 31.1 Å². The fourth-order valence-corrected chi connectivity index (χ4v) is 5.26. The highest BCUT2D eigenvalue weighted by Crippen LogP contribution is 2.28. The Bertz CT molecular complexity index is 969. The maximum Gasteiger partial charge on any atom is 0.243 e. The summed E-state index contributed by atoms with van der Waals surface area (Å²) in [7, 11) is -3.55. The van der Waals surface area contributed by atoms with Gasteiger partial charge in [-0.05, 0) is 47.2 Å². The van der Waals surface area contributed by atoms with E-state index < -0.39 is 10.0 Å². The Kier molecular flexibility index (Phi) is 4.32. The first-order valence-electron chi connectivity index (χ1n) is 8.89. The van der Waals surface area contributed by atoms with Crippen molar-refractivity contribution in [2.45, 2.75) is 37.8 Å². The SMILES string of the molecule is CC(=O)N1CCc2ccc(S(=O)(=O)N3CCc4ccccc4C3)cc2C1. The molecule has 0 unspecified atom stereocenters. The lowest BCUT2D eigenvalue weighted by atomic mass is 10.00. The normalized spacial score (nSPS) is 17.5. The molecule has 2 aliphatic rings. The summed E-state index contributed by atoms with van der Waals surface area (Å²) in [6.07, 6.45) is 1.50. The Morgan fingerprint density at radius 1 is 0.885 bits per heavy atom. The molecule has 0 aromatic heterocycles. The monoisotopic (exact) mass is 370 g/mol. The minimum Gasteiger partial charge on any atom is -0.338 e. The second-order valence-electron chi connectivity index (χ2n) is 6.98. The number of carbonyl (C=O) groups is 1. The number of nitrogens with zero attached hydrogens (tertiary/aromatic N) is 2. The lowest BCUT2D eigenvalue weighted by Gasteiger charge is -2.30. The molecular formula is C20H22N2O3S. The van der Waals surface area contributed by atoms with Crippen molar-refractivity contribution >= 4 is 15.9 Å². The number of hydrogen-bond donors (Lipinski definition) is 0. The second kappa shape index (κ2) is 6.52. The van der Waals surface area contributed by atoms with Gasteiger partial charge < -0.3 is 4.90 Å². The number of fused-ring (bicyclic) bond motifs is 2. The number of hydrogen-bond acceptors (Lipinski definition) is 3. The number of rotatable bonds is 2. The van der Waals surface area contributed by atoms with Crippen LogP contribution in [0.1, 0.15) is 29.2 Å². The van der Waals surface area contributed by atoms with Crippen molar-refractivity contribution in [1.29, 1.82) is 0 Å². The van der Waals surface area contributed by atoms with Crippen LogP contribution >= 0.6 is 0 Å². The summed E-state index contributed by atoms with van der Waals surface area (Å²) in [5.74, 6) is 0.0246. The smallest absolute Gasteiger partial charge is 0.243 e. The summed E-state index contributed by atoms with van der Waals surface area (Å²) in [5, 5.41) is 0. The van der Waals surface area contributed by atoms with E-state index >= 15 is 0 Å².